The Morgan fingerprint density at radius 1 is 0.422 bits per heavy atom. The van der Waals surface area contributed by atoms with Crippen molar-refractivity contribution in [3.05, 3.63) is 168 Å². The lowest BCUT2D eigenvalue weighted by Crippen LogP contribution is -2.20. The number of carbonyl (C=O) groups excluding carboxylic acids is 2. The number of nitrogens with zero attached hydrogens (tertiary/aromatic N) is 2. The lowest BCUT2D eigenvalue weighted by molar-refractivity contribution is 0.0979. The zero-order chi connectivity index (χ0) is 30.1. The Morgan fingerprint density at radius 3 is 1.64 bits per heavy atom. The minimum absolute atomic E-state index is 0.109. The normalized spacial score (nSPS) is 12.5. The molecular weight excluding hydrogens is 552 g/mol. The Bertz CT molecular complexity index is 2510. The molecule has 0 saturated heterocycles. The van der Waals surface area contributed by atoms with Crippen molar-refractivity contribution < 1.29 is 9.59 Å². The van der Waals surface area contributed by atoms with Crippen LogP contribution in [0.15, 0.2) is 146 Å². The summed E-state index contributed by atoms with van der Waals surface area (Å²) < 4.78 is 2.26. The van der Waals surface area contributed by atoms with E-state index in [9.17, 15) is 9.59 Å². The van der Waals surface area contributed by atoms with Gasteiger partial charge in [0.15, 0.2) is 11.6 Å². The van der Waals surface area contributed by atoms with Crippen molar-refractivity contribution in [2.45, 2.75) is 0 Å². The molecular formula is C41H24N2O2. The van der Waals surface area contributed by atoms with Gasteiger partial charge in [0.05, 0.1) is 11.0 Å². The van der Waals surface area contributed by atoms with Crippen molar-refractivity contribution in [3.63, 3.8) is 0 Å². The van der Waals surface area contributed by atoms with Crippen LogP contribution in [0.4, 0.5) is 0 Å². The van der Waals surface area contributed by atoms with Gasteiger partial charge in [-0.1, -0.05) is 121 Å². The second-order valence-corrected chi connectivity index (χ2v) is 11.4. The van der Waals surface area contributed by atoms with E-state index in [1.807, 2.05) is 18.2 Å². The fourth-order valence-electron chi connectivity index (χ4n) is 6.82. The maximum Gasteiger partial charge on any atom is 0.194 e. The predicted molar refractivity (Wildman–Crippen MR) is 180 cm³/mol. The van der Waals surface area contributed by atoms with Crippen LogP contribution < -0.4 is 0 Å². The predicted octanol–water partition coefficient (Wildman–Crippen LogP) is 9.44. The number of fused-ring (bicyclic) bond motifs is 8. The third-order valence-electron chi connectivity index (χ3n) is 8.95. The zero-order valence-electron chi connectivity index (χ0n) is 24.1. The Morgan fingerprint density at radius 2 is 0.933 bits per heavy atom. The highest BCUT2D eigenvalue weighted by atomic mass is 16.1. The Kier molecular flexibility index (Phi) is 5.47. The summed E-state index contributed by atoms with van der Waals surface area (Å²) in [4.78, 5) is 31.8. The molecule has 0 unspecified atom stereocenters. The average molecular weight is 577 g/mol. The van der Waals surface area contributed by atoms with Crippen molar-refractivity contribution >= 4 is 44.1 Å². The molecule has 9 rings (SSSR count). The van der Waals surface area contributed by atoms with Crippen molar-refractivity contribution in [1.82, 2.24) is 9.55 Å². The van der Waals surface area contributed by atoms with E-state index in [0.717, 1.165) is 50.0 Å². The molecule has 1 aromatic heterocycles. The number of benzene rings is 7. The number of hydrogen-bond donors (Lipinski definition) is 0. The largest absolute Gasteiger partial charge is 0.292 e. The Labute approximate surface area is 258 Å². The van der Waals surface area contributed by atoms with E-state index in [1.165, 1.54) is 10.8 Å². The molecule has 1 aliphatic rings. The van der Waals surface area contributed by atoms with Crippen LogP contribution in [0.25, 0.3) is 60.8 Å². The molecule has 4 heteroatoms. The summed E-state index contributed by atoms with van der Waals surface area (Å²) in [5.74, 6) is 0.628. The molecule has 1 aliphatic carbocycles. The number of imidazole rings is 1. The number of carbonyl (C=O) groups is 2. The van der Waals surface area contributed by atoms with Gasteiger partial charge in [-0.2, -0.15) is 0 Å². The highest BCUT2D eigenvalue weighted by molar-refractivity contribution is 6.28. The third kappa shape index (κ3) is 3.76. The molecule has 0 bridgehead atoms. The third-order valence-corrected chi connectivity index (χ3v) is 8.95. The van der Waals surface area contributed by atoms with Gasteiger partial charge in [0.1, 0.15) is 5.82 Å². The SMILES string of the molecule is O=C1c2ccccc2C(=O)c2cc(-c3ccc(-c4nc5c6ccccc6c6ccccc6c5n4-c4ccccc4)cc3)ccc21. The highest BCUT2D eigenvalue weighted by Gasteiger charge is 2.29. The summed E-state index contributed by atoms with van der Waals surface area (Å²) >= 11 is 0. The van der Waals surface area contributed by atoms with Crippen LogP contribution in [0.5, 0.6) is 0 Å². The van der Waals surface area contributed by atoms with E-state index < -0.39 is 0 Å². The average Bonchev–Trinajstić information content (AvgIpc) is 3.52. The molecule has 210 valence electrons. The standard InChI is InChI=1S/C41H24N2O2/c44-39-33-16-8-9-17-34(33)40(45)36-24-27(22-23-35(36)39)25-18-20-26(21-19-25)41-42-37-31-14-6-4-12-29(31)30-13-5-7-15-32(30)38(37)43(41)28-10-2-1-3-11-28/h1-24H. The first kappa shape index (κ1) is 25.4. The van der Waals surface area contributed by atoms with E-state index in [0.29, 0.717) is 22.3 Å². The molecule has 0 saturated carbocycles. The van der Waals surface area contributed by atoms with Gasteiger partial charge >= 0.3 is 0 Å². The fraction of sp³-hybridized carbons (Fsp3) is 0. The number of aromatic nitrogens is 2. The Hall–Kier alpha value is -6.13. The lowest BCUT2D eigenvalue weighted by atomic mass is 9.83. The molecule has 45 heavy (non-hydrogen) atoms. The minimum Gasteiger partial charge on any atom is -0.292 e. The van der Waals surface area contributed by atoms with Gasteiger partial charge in [0.25, 0.3) is 0 Å². The number of ketones is 2. The van der Waals surface area contributed by atoms with Gasteiger partial charge in [-0.25, -0.2) is 4.98 Å². The molecule has 8 aromatic rings. The quantitative estimate of drug-likeness (QED) is 0.197. The Balaban J connectivity index is 1.22. The number of hydrogen-bond acceptors (Lipinski definition) is 3. The van der Waals surface area contributed by atoms with Crippen LogP contribution >= 0.6 is 0 Å². The fourth-order valence-corrected chi connectivity index (χ4v) is 6.82. The zero-order valence-corrected chi connectivity index (χ0v) is 24.1. The van der Waals surface area contributed by atoms with E-state index >= 15 is 0 Å². The first-order valence-corrected chi connectivity index (χ1v) is 15.0. The minimum atomic E-state index is -0.116. The number of rotatable bonds is 3. The second kappa shape index (κ2) is 9.69. The molecule has 0 N–H and O–H groups in total. The van der Waals surface area contributed by atoms with Gasteiger partial charge < -0.3 is 0 Å². The smallest absolute Gasteiger partial charge is 0.194 e. The molecule has 7 aromatic carbocycles. The molecule has 0 radical (unpaired) electrons. The summed E-state index contributed by atoms with van der Waals surface area (Å²) in [6.07, 6.45) is 0. The molecule has 0 amide bonds. The second-order valence-electron chi connectivity index (χ2n) is 11.4. The highest BCUT2D eigenvalue weighted by Crippen LogP contribution is 2.39. The molecule has 0 aliphatic heterocycles. The van der Waals surface area contributed by atoms with Crippen molar-refractivity contribution in [2.75, 3.05) is 0 Å². The lowest BCUT2D eigenvalue weighted by Gasteiger charge is -2.18. The summed E-state index contributed by atoms with van der Waals surface area (Å²) in [5.41, 5.74) is 7.73. The number of para-hydroxylation sites is 1. The maximum atomic E-state index is 13.4. The summed E-state index contributed by atoms with van der Waals surface area (Å²) in [5, 5.41) is 4.65. The molecule has 0 spiro atoms. The molecule has 4 nitrogen and oxygen atoms in total. The van der Waals surface area contributed by atoms with E-state index in [-0.39, 0.29) is 11.6 Å². The van der Waals surface area contributed by atoms with Gasteiger partial charge in [0.2, 0.25) is 0 Å². The van der Waals surface area contributed by atoms with Crippen molar-refractivity contribution in [3.8, 4) is 28.2 Å². The van der Waals surface area contributed by atoms with Gasteiger partial charge in [-0.3, -0.25) is 14.2 Å². The molecule has 0 fully saturated rings. The van der Waals surface area contributed by atoms with Crippen molar-refractivity contribution in [2.24, 2.45) is 0 Å². The van der Waals surface area contributed by atoms with Gasteiger partial charge in [-0.05, 0) is 46.2 Å². The van der Waals surface area contributed by atoms with Gasteiger partial charge in [0, 0.05) is 44.3 Å². The topological polar surface area (TPSA) is 52.0 Å². The van der Waals surface area contributed by atoms with Crippen LogP contribution in [-0.2, 0) is 0 Å². The summed E-state index contributed by atoms with van der Waals surface area (Å²) in [6.45, 7) is 0. The summed E-state index contributed by atoms with van der Waals surface area (Å²) in [7, 11) is 0. The van der Waals surface area contributed by atoms with Crippen LogP contribution in [0.2, 0.25) is 0 Å². The van der Waals surface area contributed by atoms with E-state index in [2.05, 4.69) is 102 Å². The van der Waals surface area contributed by atoms with Crippen LogP contribution in [-0.4, -0.2) is 21.1 Å². The maximum absolute atomic E-state index is 13.4. The first-order chi connectivity index (χ1) is 22.2. The van der Waals surface area contributed by atoms with E-state index in [4.69, 9.17) is 4.98 Å². The van der Waals surface area contributed by atoms with Gasteiger partial charge in [-0.15, -0.1) is 0 Å². The summed E-state index contributed by atoms with van der Waals surface area (Å²) in [6, 6.07) is 48.3. The molecule has 1 heterocycles. The first-order valence-electron chi connectivity index (χ1n) is 15.0. The van der Waals surface area contributed by atoms with Crippen molar-refractivity contribution in [1.29, 1.82) is 0 Å². The van der Waals surface area contributed by atoms with Crippen LogP contribution in [0.3, 0.4) is 0 Å². The monoisotopic (exact) mass is 576 g/mol. The van der Waals surface area contributed by atoms with Crippen LogP contribution in [0.1, 0.15) is 31.8 Å². The molecule has 0 atom stereocenters. The van der Waals surface area contributed by atoms with E-state index in [1.54, 1.807) is 30.3 Å². The van der Waals surface area contributed by atoms with Crippen LogP contribution in [0, 0.1) is 0 Å².